The Morgan fingerprint density at radius 3 is 2.31 bits per heavy atom. The largest absolute Gasteiger partial charge is 0.375 e. The van der Waals surface area contributed by atoms with Crippen LogP contribution in [0.25, 0.3) is 0 Å². The van der Waals surface area contributed by atoms with Gasteiger partial charge in [0.1, 0.15) is 11.4 Å². The highest BCUT2D eigenvalue weighted by molar-refractivity contribution is 6.35. The van der Waals surface area contributed by atoms with E-state index in [9.17, 15) is 14.4 Å². The van der Waals surface area contributed by atoms with E-state index in [1.54, 1.807) is 12.1 Å². The molecule has 0 aromatic heterocycles. The van der Waals surface area contributed by atoms with Crippen molar-refractivity contribution in [1.82, 2.24) is 0 Å². The molecule has 0 atom stereocenters. The second-order valence-corrected chi connectivity index (χ2v) is 7.88. The average molecular weight is 397 g/mol. The molecule has 0 aliphatic rings. The van der Waals surface area contributed by atoms with Crippen LogP contribution in [0.2, 0.25) is 10.0 Å². The van der Waals surface area contributed by atoms with Gasteiger partial charge in [0, 0.05) is 22.5 Å². The monoisotopic (exact) mass is 396 g/mol. The zero-order valence-corrected chi connectivity index (χ0v) is 17.0. The minimum Gasteiger partial charge on any atom is -0.375 e. The van der Waals surface area contributed by atoms with Crippen LogP contribution in [0.4, 0.5) is 11.4 Å². The number of nitrogens with one attached hydrogen (secondary N) is 1. The Morgan fingerprint density at radius 2 is 1.81 bits per heavy atom. The molecule has 0 unspecified atom stereocenters. The first-order chi connectivity index (χ1) is 12.0. The molecule has 0 spiro atoms. The predicted octanol–water partition coefficient (Wildman–Crippen LogP) is 4.05. The topological polar surface area (TPSA) is 66.5 Å². The number of hydrogen-bond donors (Lipinski definition) is 1. The Kier molecular flexibility index (Phi) is 5.83. The number of nitrogens with zero attached hydrogens (tertiary/aromatic N) is 1. The summed E-state index contributed by atoms with van der Waals surface area (Å²) < 4.78 is 0. The molecule has 0 radical (unpaired) electrons. The van der Waals surface area contributed by atoms with Gasteiger partial charge in [-0.15, -0.1) is 0 Å². The fraction of sp³-hybridized carbons (Fsp3) is 0.421. The van der Waals surface area contributed by atoms with Crippen molar-refractivity contribution < 1.29 is 4.79 Å². The maximum Gasteiger partial charge on any atom is 0.253 e. The molecule has 1 N–H and O–H groups in total. The van der Waals surface area contributed by atoms with Crippen LogP contribution < -0.4 is 21.1 Å². The normalized spacial score (nSPS) is 11.7. The van der Waals surface area contributed by atoms with Crippen LogP contribution in [0.3, 0.4) is 0 Å². The lowest BCUT2D eigenvalue weighted by Gasteiger charge is -2.31. The number of amides is 1. The zero-order valence-electron chi connectivity index (χ0n) is 15.5. The number of rotatable bonds is 6. The second-order valence-electron chi connectivity index (χ2n) is 7.03. The summed E-state index contributed by atoms with van der Waals surface area (Å²) in [6, 6.07) is 3.33. The fourth-order valence-electron chi connectivity index (χ4n) is 2.62. The van der Waals surface area contributed by atoms with Crippen LogP contribution >= 0.6 is 23.2 Å². The van der Waals surface area contributed by atoms with Gasteiger partial charge in [0.05, 0.1) is 6.54 Å². The lowest BCUT2D eigenvalue weighted by molar-refractivity contribution is -0.116. The van der Waals surface area contributed by atoms with Crippen LogP contribution in [0.5, 0.6) is 0 Å². The fourth-order valence-corrected chi connectivity index (χ4v) is 3.27. The molecule has 0 bridgehead atoms. The van der Waals surface area contributed by atoms with Crippen LogP contribution in [-0.4, -0.2) is 11.4 Å². The molecular formula is C19H22Cl2N2O3. The van der Waals surface area contributed by atoms with Gasteiger partial charge >= 0.3 is 0 Å². The average Bonchev–Trinajstić information content (AvgIpc) is 2.54. The summed E-state index contributed by atoms with van der Waals surface area (Å²) in [4.78, 5) is 37.8. The number of carbonyl (C=O) groups is 1. The molecule has 7 heteroatoms. The summed E-state index contributed by atoms with van der Waals surface area (Å²) in [5, 5.41) is 3.99. The second kappa shape index (κ2) is 7.41. The highest BCUT2D eigenvalue weighted by Crippen LogP contribution is 2.30. The predicted molar refractivity (Wildman–Crippen MR) is 107 cm³/mol. The van der Waals surface area contributed by atoms with Crippen molar-refractivity contribution in [3.8, 4) is 0 Å². The lowest BCUT2D eigenvalue weighted by Crippen LogP contribution is -2.47. The third kappa shape index (κ3) is 3.94. The SMILES string of the molecule is CCC(C)(C)Nc1c(N(Cc2c(C)cc(Cl)cc2Cl)C(C)=O)c(=O)c1=O. The molecule has 0 heterocycles. The molecule has 0 aliphatic carbocycles. The molecule has 2 aromatic carbocycles. The van der Waals surface area contributed by atoms with Crippen molar-refractivity contribution in [2.75, 3.05) is 10.2 Å². The molecule has 0 aliphatic heterocycles. The minimum absolute atomic E-state index is 0.0866. The van der Waals surface area contributed by atoms with Crippen molar-refractivity contribution in [1.29, 1.82) is 0 Å². The number of benzene rings is 1. The van der Waals surface area contributed by atoms with E-state index in [0.717, 1.165) is 12.0 Å². The molecule has 26 heavy (non-hydrogen) atoms. The maximum absolute atomic E-state index is 12.2. The van der Waals surface area contributed by atoms with Gasteiger partial charge < -0.3 is 10.2 Å². The van der Waals surface area contributed by atoms with Crippen molar-refractivity contribution in [3.63, 3.8) is 0 Å². The molecule has 2 aromatic rings. The third-order valence-electron chi connectivity index (χ3n) is 4.58. The number of carbonyl (C=O) groups excluding carboxylic acids is 1. The zero-order chi connectivity index (χ0) is 19.8. The van der Waals surface area contributed by atoms with Gasteiger partial charge in [-0.1, -0.05) is 30.1 Å². The van der Waals surface area contributed by atoms with Gasteiger partial charge in [-0.05, 0) is 50.5 Å². The Bertz CT molecular complexity index is 904. The highest BCUT2D eigenvalue weighted by atomic mass is 35.5. The van der Waals surface area contributed by atoms with E-state index in [-0.39, 0.29) is 29.4 Å². The molecule has 0 saturated carbocycles. The molecule has 2 rings (SSSR count). The first-order valence-corrected chi connectivity index (χ1v) is 9.08. The van der Waals surface area contributed by atoms with Crippen LogP contribution in [-0.2, 0) is 11.3 Å². The summed E-state index contributed by atoms with van der Waals surface area (Å²) in [6.07, 6.45) is 0.743. The molecule has 1 amide bonds. The molecule has 140 valence electrons. The standard InChI is InChI=1S/C19H22Cl2N2O3/c1-6-19(4,5)22-15-16(18(26)17(15)25)23(11(3)24)9-13-10(2)7-12(20)8-14(13)21/h7-8,22H,6,9H2,1-5H3. The first-order valence-electron chi connectivity index (χ1n) is 8.32. The first kappa shape index (κ1) is 20.5. The Balaban J connectivity index is 2.48. The van der Waals surface area contributed by atoms with Crippen LogP contribution in [0, 0.1) is 6.92 Å². The van der Waals surface area contributed by atoms with Crippen molar-refractivity contribution in [2.45, 2.75) is 53.1 Å². The molecule has 0 fully saturated rings. The smallest absolute Gasteiger partial charge is 0.253 e. The summed E-state index contributed by atoms with van der Waals surface area (Å²) in [6.45, 7) is 9.08. The van der Waals surface area contributed by atoms with E-state index in [4.69, 9.17) is 23.2 Å². The Morgan fingerprint density at radius 1 is 1.19 bits per heavy atom. The quantitative estimate of drug-likeness (QED) is 0.747. The van der Waals surface area contributed by atoms with Gasteiger partial charge in [-0.2, -0.15) is 0 Å². The molecular weight excluding hydrogens is 375 g/mol. The van der Waals surface area contributed by atoms with E-state index < -0.39 is 10.9 Å². The van der Waals surface area contributed by atoms with Gasteiger partial charge in [-0.3, -0.25) is 14.4 Å². The van der Waals surface area contributed by atoms with E-state index in [0.29, 0.717) is 15.6 Å². The lowest BCUT2D eigenvalue weighted by atomic mass is 9.99. The van der Waals surface area contributed by atoms with Crippen molar-refractivity contribution >= 4 is 40.5 Å². The summed E-state index contributed by atoms with van der Waals surface area (Å²) in [5.74, 6) is -0.347. The van der Waals surface area contributed by atoms with E-state index >= 15 is 0 Å². The summed E-state index contributed by atoms with van der Waals surface area (Å²) >= 11 is 12.3. The van der Waals surface area contributed by atoms with Crippen LogP contribution in [0.15, 0.2) is 21.7 Å². The van der Waals surface area contributed by atoms with E-state index in [1.807, 2.05) is 27.7 Å². The number of anilines is 2. The summed E-state index contributed by atoms with van der Waals surface area (Å²) in [5.41, 5.74) is 0.0990. The van der Waals surface area contributed by atoms with Gasteiger partial charge in [0.15, 0.2) is 0 Å². The molecule has 5 nitrogen and oxygen atoms in total. The van der Waals surface area contributed by atoms with Crippen molar-refractivity contribution in [2.24, 2.45) is 0 Å². The highest BCUT2D eigenvalue weighted by Gasteiger charge is 2.31. The minimum atomic E-state index is -0.669. The van der Waals surface area contributed by atoms with Gasteiger partial charge in [0.25, 0.3) is 10.9 Å². The Labute approximate surface area is 162 Å². The molecule has 0 saturated heterocycles. The number of hydrogen-bond acceptors (Lipinski definition) is 4. The van der Waals surface area contributed by atoms with E-state index in [1.165, 1.54) is 11.8 Å². The van der Waals surface area contributed by atoms with Gasteiger partial charge in [0.2, 0.25) is 5.91 Å². The number of halogens is 2. The van der Waals surface area contributed by atoms with E-state index in [2.05, 4.69) is 5.32 Å². The summed E-state index contributed by atoms with van der Waals surface area (Å²) in [7, 11) is 0. The third-order valence-corrected chi connectivity index (χ3v) is 5.14. The Hall–Kier alpha value is -1.85. The van der Waals surface area contributed by atoms with Crippen molar-refractivity contribution in [3.05, 3.63) is 53.8 Å². The maximum atomic E-state index is 12.2. The van der Waals surface area contributed by atoms with Gasteiger partial charge in [-0.25, -0.2) is 0 Å². The number of aryl methyl sites for hydroxylation is 1. The van der Waals surface area contributed by atoms with Crippen LogP contribution in [0.1, 0.15) is 45.2 Å².